The Labute approximate surface area is 66.5 Å². The van der Waals surface area contributed by atoms with E-state index in [9.17, 15) is 0 Å². The summed E-state index contributed by atoms with van der Waals surface area (Å²) < 4.78 is 0. The minimum Gasteiger partial charge on any atom is -0.371 e. The van der Waals surface area contributed by atoms with Crippen molar-refractivity contribution in [1.29, 1.82) is 5.26 Å². The van der Waals surface area contributed by atoms with E-state index in [1.54, 1.807) is 0 Å². The van der Waals surface area contributed by atoms with Crippen LogP contribution in [0.2, 0.25) is 0 Å². The molecule has 3 heteroatoms. The molecule has 0 saturated heterocycles. The first kappa shape index (κ1) is 9.32. The first-order valence-electron chi connectivity index (χ1n) is 2.98. The van der Waals surface area contributed by atoms with E-state index in [4.69, 9.17) is 16.9 Å². The number of hydrogen-bond donors (Lipinski definition) is 1. The summed E-state index contributed by atoms with van der Waals surface area (Å²) in [6, 6.07) is 1.93. The van der Waals surface area contributed by atoms with Crippen molar-refractivity contribution < 1.29 is 0 Å². The number of nitrogens with one attached hydrogen (secondary N) is 1. The topological polar surface area (TPSA) is 35.8 Å². The first-order valence-corrected chi connectivity index (χ1v) is 3.42. The van der Waals surface area contributed by atoms with Gasteiger partial charge in [0.15, 0.2) is 0 Å². The van der Waals surface area contributed by atoms with E-state index >= 15 is 0 Å². The lowest BCUT2D eigenvalue weighted by atomic mass is 10.1. The molecule has 56 valence electrons. The van der Waals surface area contributed by atoms with Gasteiger partial charge in [0.05, 0.1) is 0 Å². The fourth-order valence-electron chi connectivity index (χ4n) is 0.484. The molecule has 10 heavy (non-hydrogen) atoms. The summed E-state index contributed by atoms with van der Waals surface area (Å²) in [6.45, 7) is 5.89. The van der Waals surface area contributed by atoms with Crippen molar-refractivity contribution >= 4 is 11.6 Å². The summed E-state index contributed by atoms with van der Waals surface area (Å²) in [5.74, 6) is 0. The second-order valence-electron chi connectivity index (χ2n) is 3.01. The van der Waals surface area contributed by atoms with Gasteiger partial charge in [-0.15, -0.1) is 0 Å². The number of halogens is 1. The van der Waals surface area contributed by atoms with E-state index in [1.165, 1.54) is 5.54 Å². The van der Waals surface area contributed by atoms with E-state index in [-0.39, 0.29) is 5.54 Å². The Morgan fingerprint density at radius 3 is 2.20 bits per heavy atom. The van der Waals surface area contributed by atoms with Crippen molar-refractivity contribution in [3.05, 3.63) is 11.2 Å². The fraction of sp³-hybridized carbons (Fsp3) is 0.571. The van der Waals surface area contributed by atoms with Crippen molar-refractivity contribution in [3.8, 4) is 6.07 Å². The van der Waals surface area contributed by atoms with Crippen molar-refractivity contribution in [2.24, 2.45) is 0 Å². The fourth-order valence-corrected chi connectivity index (χ4v) is 0.587. The molecule has 0 aromatic rings. The van der Waals surface area contributed by atoms with E-state index in [0.29, 0.717) is 5.70 Å². The summed E-state index contributed by atoms with van der Waals surface area (Å²) in [6.07, 6.45) is 0. The molecular weight excluding hydrogens is 148 g/mol. The lowest BCUT2D eigenvalue weighted by molar-refractivity contribution is 0.481. The van der Waals surface area contributed by atoms with E-state index < -0.39 is 0 Å². The average Bonchev–Trinajstić information content (AvgIpc) is 1.81. The van der Waals surface area contributed by atoms with Crippen molar-refractivity contribution in [3.63, 3.8) is 0 Å². The maximum atomic E-state index is 8.42. The molecule has 1 N–H and O–H groups in total. The van der Waals surface area contributed by atoms with Gasteiger partial charge in [-0.25, -0.2) is 0 Å². The maximum absolute atomic E-state index is 8.42. The molecule has 0 spiro atoms. The van der Waals surface area contributed by atoms with Gasteiger partial charge >= 0.3 is 0 Å². The zero-order valence-corrected chi connectivity index (χ0v) is 7.16. The highest BCUT2D eigenvalue weighted by Crippen LogP contribution is 2.03. The second kappa shape index (κ2) is 3.48. The van der Waals surface area contributed by atoms with E-state index in [2.05, 4.69) is 5.32 Å². The number of nitriles is 1. The number of hydrogen-bond acceptors (Lipinski definition) is 2. The van der Waals surface area contributed by atoms with Gasteiger partial charge in [0.2, 0.25) is 0 Å². The Balaban J connectivity index is 4.05. The van der Waals surface area contributed by atoms with Gasteiger partial charge in [0.1, 0.15) is 11.8 Å². The average molecular weight is 159 g/mol. The minimum absolute atomic E-state index is 0.101. The van der Waals surface area contributed by atoms with Gasteiger partial charge in [-0.05, 0) is 20.8 Å². The predicted octanol–water partition coefficient (Wildman–Crippen LogP) is 1.98. The normalized spacial score (nSPS) is 12.5. The van der Waals surface area contributed by atoms with Crippen LogP contribution in [-0.2, 0) is 0 Å². The van der Waals surface area contributed by atoms with Gasteiger partial charge < -0.3 is 5.32 Å². The molecule has 0 saturated carbocycles. The summed E-state index contributed by atoms with van der Waals surface area (Å²) in [7, 11) is 0. The van der Waals surface area contributed by atoms with Crippen LogP contribution in [-0.4, -0.2) is 5.54 Å². The maximum Gasteiger partial charge on any atom is 0.125 e. The van der Waals surface area contributed by atoms with Crippen molar-refractivity contribution in [1.82, 2.24) is 5.32 Å². The molecule has 0 aromatic carbocycles. The van der Waals surface area contributed by atoms with Crippen molar-refractivity contribution in [2.45, 2.75) is 26.3 Å². The third-order valence-corrected chi connectivity index (χ3v) is 0.957. The highest BCUT2D eigenvalue weighted by atomic mass is 35.5. The van der Waals surface area contributed by atoms with E-state index in [0.717, 1.165) is 0 Å². The van der Waals surface area contributed by atoms with Gasteiger partial charge in [-0.3, -0.25) is 0 Å². The molecule has 0 rings (SSSR count). The highest BCUT2D eigenvalue weighted by Gasteiger charge is 2.09. The molecule has 0 bridgehead atoms. The van der Waals surface area contributed by atoms with Gasteiger partial charge in [0.25, 0.3) is 0 Å². The molecule has 0 aliphatic carbocycles. The number of allylic oxidation sites excluding steroid dienone is 1. The van der Waals surface area contributed by atoms with Crippen LogP contribution in [0.15, 0.2) is 11.2 Å². The van der Waals surface area contributed by atoms with E-state index in [1.807, 2.05) is 26.8 Å². The molecule has 0 aromatic heterocycles. The molecule has 0 atom stereocenters. The standard InChI is InChI=1S/C7H11ClN2/c1-7(2,3)10-6(4-8)5-9/h4,10H,1-3H3/b6-4+. The second-order valence-corrected chi connectivity index (χ2v) is 3.23. The third-order valence-electron chi connectivity index (χ3n) is 0.739. The van der Waals surface area contributed by atoms with Gasteiger partial charge in [0, 0.05) is 11.1 Å². The zero-order valence-electron chi connectivity index (χ0n) is 6.40. The van der Waals surface area contributed by atoms with Crippen LogP contribution in [0.3, 0.4) is 0 Å². The summed E-state index contributed by atoms with van der Waals surface area (Å²) in [4.78, 5) is 0. The van der Waals surface area contributed by atoms with Crippen LogP contribution in [0.1, 0.15) is 20.8 Å². The summed E-state index contributed by atoms with van der Waals surface area (Å²) >= 11 is 5.33. The number of nitrogens with zero attached hydrogens (tertiary/aromatic N) is 1. The molecule has 0 fully saturated rings. The minimum atomic E-state index is -0.101. The van der Waals surface area contributed by atoms with Crippen LogP contribution in [0.5, 0.6) is 0 Å². The molecule has 0 aliphatic rings. The SMILES string of the molecule is CC(C)(C)N/C(C#N)=C/Cl. The smallest absolute Gasteiger partial charge is 0.125 e. The first-order chi connectivity index (χ1) is 4.49. The largest absolute Gasteiger partial charge is 0.371 e. The molecule has 2 nitrogen and oxygen atoms in total. The zero-order chi connectivity index (χ0) is 8.20. The Morgan fingerprint density at radius 2 is 2.10 bits per heavy atom. The van der Waals surface area contributed by atoms with Gasteiger partial charge in [-0.2, -0.15) is 5.26 Å². The van der Waals surface area contributed by atoms with Crippen LogP contribution >= 0.6 is 11.6 Å². The Morgan fingerprint density at radius 1 is 1.60 bits per heavy atom. The number of rotatable bonds is 1. The molecule has 0 unspecified atom stereocenters. The lowest BCUT2D eigenvalue weighted by Gasteiger charge is -2.20. The van der Waals surface area contributed by atoms with Crippen LogP contribution < -0.4 is 5.32 Å². The quantitative estimate of drug-likeness (QED) is 0.593. The van der Waals surface area contributed by atoms with Crippen LogP contribution in [0.4, 0.5) is 0 Å². The molecule has 0 radical (unpaired) electrons. The third kappa shape index (κ3) is 4.22. The summed E-state index contributed by atoms with van der Waals surface area (Å²) in [5, 5.41) is 11.3. The highest BCUT2D eigenvalue weighted by molar-refractivity contribution is 6.25. The monoisotopic (exact) mass is 158 g/mol. The molecule has 0 heterocycles. The Hall–Kier alpha value is -0.680. The Kier molecular flexibility index (Phi) is 3.24. The molecule has 0 amide bonds. The molecular formula is C7H11ClN2. The summed E-state index contributed by atoms with van der Waals surface area (Å²) in [5.41, 5.74) is 1.54. The van der Waals surface area contributed by atoms with Crippen molar-refractivity contribution in [2.75, 3.05) is 0 Å². The van der Waals surface area contributed by atoms with Crippen LogP contribution in [0, 0.1) is 11.3 Å². The molecule has 0 aliphatic heterocycles. The lowest BCUT2D eigenvalue weighted by Crippen LogP contribution is -2.34. The van der Waals surface area contributed by atoms with Crippen LogP contribution in [0.25, 0.3) is 0 Å². The Bertz CT molecular complexity index is 171. The van der Waals surface area contributed by atoms with Gasteiger partial charge in [-0.1, -0.05) is 11.6 Å². The predicted molar refractivity (Wildman–Crippen MR) is 42.4 cm³/mol.